The van der Waals surface area contributed by atoms with Crippen LogP contribution in [0.1, 0.15) is 36.1 Å². The van der Waals surface area contributed by atoms with Crippen molar-refractivity contribution in [2.45, 2.75) is 13.8 Å². The number of nitrogen functional groups attached to an aromatic ring is 2. The number of allylic oxidation sites excluding steroid dienone is 2. The van der Waals surface area contributed by atoms with Crippen molar-refractivity contribution in [3.63, 3.8) is 0 Å². The van der Waals surface area contributed by atoms with Crippen molar-refractivity contribution in [2.24, 2.45) is 11.5 Å². The number of nitrogens with one attached hydrogen (secondary N) is 2. The van der Waals surface area contributed by atoms with Crippen molar-refractivity contribution in [1.29, 1.82) is 10.8 Å². The van der Waals surface area contributed by atoms with E-state index in [9.17, 15) is 0 Å². The highest BCUT2D eigenvalue weighted by atomic mass is 35.5. The van der Waals surface area contributed by atoms with E-state index in [2.05, 4.69) is 13.8 Å². The van der Waals surface area contributed by atoms with Crippen molar-refractivity contribution in [1.82, 2.24) is 0 Å². The van der Waals surface area contributed by atoms with Gasteiger partial charge in [0, 0.05) is 11.1 Å². The summed E-state index contributed by atoms with van der Waals surface area (Å²) in [5.41, 5.74) is 16.9. The van der Waals surface area contributed by atoms with Crippen LogP contribution in [0.3, 0.4) is 0 Å². The lowest BCUT2D eigenvalue weighted by atomic mass is 9.95. The molecule has 0 saturated heterocycles. The van der Waals surface area contributed by atoms with E-state index < -0.39 is 0 Å². The number of benzene rings is 2. The zero-order valence-corrected chi connectivity index (χ0v) is 15.2. The molecule has 2 aromatic rings. The van der Waals surface area contributed by atoms with Crippen molar-refractivity contribution in [3.05, 3.63) is 70.8 Å². The van der Waals surface area contributed by atoms with E-state index in [-0.39, 0.29) is 36.5 Å². The Morgan fingerprint density at radius 2 is 0.792 bits per heavy atom. The molecule has 0 fully saturated rings. The molecule has 6 heteroatoms. The molecule has 24 heavy (non-hydrogen) atoms. The van der Waals surface area contributed by atoms with Crippen molar-refractivity contribution >= 4 is 47.6 Å². The smallest absolute Gasteiger partial charge is 0.122 e. The third kappa shape index (κ3) is 4.85. The average molecular weight is 365 g/mol. The van der Waals surface area contributed by atoms with E-state index in [1.165, 1.54) is 0 Å². The number of halogens is 2. The van der Waals surface area contributed by atoms with Gasteiger partial charge in [-0.1, -0.05) is 48.5 Å². The van der Waals surface area contributed by atoms with Gasteiger partial charge < -0.3 is 11.5 Å². The molecule has 0 heterocycles. The third-order valence-electron chi connectivity index (χ3n) is 3.82. The van der Waals surface area contributed by atoms with Crippen LogP contribution in [0.4, 0.5) is 0 Å². The summed E-state index contributed by atoms with van der Waals surface area (Å²) in [4.78, 5) is 0. The molecule has 0 aliphatic heterocycles. The summed E-state index contributed by atoms with van der Waals surface area (Å²) in [5.74, 6) is 0.148. The Hall–Kier alpha value is -2.30. The molecule has 0 bridgehead atoms. The highest BCUT2D eigenvalue weighted by Crippen LogP contribution is 2.26. The molecule has 0 atom stereocenters. The van der Waals surface area contributed by atoms with Gasteiger partial charge in [-0.3, -0.25) is 10.8 Å². The van der Waals surface area contributed by atoms with Crippen molar-refractivity contribution in [2.75, 3.05) is 0 Å². The summed E-state index contributed by atoms with van der Waals surface area (Å²) in [6.07, 6.45) is 0. The van der Waals surface area contributed by atoms with Crippen molar-refractivity contribution < 1.29 is 0 Å². The molecule has 0 radical (unpaired) electrons. The van der Waals surface area contributed by atoms with E-state index in [1.54, 1.807) is 0 Å². The highest BCUT2D eigenvalue weighted by Gasteiger charge is 2.05. The maximum atomic E-state index is 7.43. The lowest BCUT2D eigenvalue weighted by molar-refractivity contribution is 1.41. The SMILES string of the molecule is C/C(=C(/C)c1ccc(C(=N)N)cc1)c1ccc(C(=N)N)cc1.Cl.Cl. The van der Waals surface area contributed by atoms with Gasteiger partial charge in [0.05, 0.1) is 0 Å². The summed E-state index contributed by atoms with van der Waals surface area (Å²) in [7, 11) is 0. The van der Waals surface area contributed by atoms with Gasteiger partial charge in [0.1, 0.15) is 11.7 Å². The molecule has 0 aromatic heterocycles. The van der Waals surface area contributed by atoms with Crippen LogP contribution < -0.4 is 11.5 Å². The van der Waals surface area contributed by atoms with Crippen LogP contribution in [0, 0.1) is 10.8 Å². The minimum absolute atomic E-state index is 0. The Kier molecular flexibility index (Phi) is 8.23. The first-order valence-electron chi connectivity index (χ1n) is 6.97. The summed E-state index contributed by atoms with van der Waals surface area (Å²) < 4.78 is 0. The maximum absolute atomic E-state index is 7.43. The predicted molar refractivity (Wildman–Crippen MR) is 108 cm³/mol. The number of rotatable bonds is 4. The van der Waals surface area contributed by atoms with Gasteiger partial charge in [-0.05, 0) is 36.1 Å². The second-order valence-corrected chi connectivity index (χ2v) is 5.23. The minimum atomic E-state index is 0. The minimum Gasteiger partial charge on any atom is -0.384 e. The Labute approximate surface area is 154 Å². The van der Waals surface area contributed by atoms with Crippen LogP contribution in [-0.2, 0) is 0 Å². The predicted octanol–water partition coefficient (Wildman–Crippen LogP) is 4.05. The van der Waals surface area contributed by atoms with Gasteiger partial charge in [-0.2, -0.15) is 0 Å². The molecular formula is C18H22Cl2N4. The van der Waals surface area contributed by atoms with E-state index in [1.807, 2.05) is 48.5 Å². The Morgan fingerprint density at radius 3 is 1.00 bits per heavy atom. The van der Waals surface area contributed by atoms with Gasteiger partial charge in [0.15, 0.2) is 0 Å². The lowest BCUT2D eigenvalue weighted by Crippen LogP contribution is -2.10. The molecule has 2 aromatic carbocycles. The van der Waals surface area contributed by atoms with Crippen molar-refractivity contribution in [3.8, 4) is 0 Å². The zero-order chi connectivity index (χ0) is 16.3. The first kappa shape index (κ1) is 21.7. The molecule has 0 aliphatic carbocycles. The zero-order valence-electron chi connectivity index (χ0n) is 13.6. The first-order chi connectivity index (χ1) is 10.4. The third-order valence-corrected chi connectivity index (χ3v) is 3.82. The number of hydrogen-bond acceptors (Lipinski definition) is 2. The molecule has 0 aliphatic rings. The molecule has 0 spiro atoms. The van der Waals surface area contributed by atoms with Crippen LogP contribution >= 0.6 is 24.8 Å². The van der Waals surface area contributed by atoms with Gasteiger partial charge in [-0.15, -0.1) is 24.8 Å². The van der Waals surface area contributed by atoms with E-state index >= 15 is 0 Å². The Balaban J connectivity index is 0.00000264. The van der Waals surface area contributed by atoms with E-state index in [0.29, 0.717) is 0 Å². The summed E-state index contributed by atoms with van der Waals surface area (Å²) in [6.45, 7) is 4.13. The fourth-order valence-electron chi connectivity index (χ4n) is 2.23. The van der Waals surface area contributed by atoms with Gasteiger partial charge in [0.2, 0.25) is 0 Å². The lowest BCUT2D eigenvalue weighted by Gasteiger charge is -2.10. The topological polar surface area (TPSA) is 99.7 Å². The summed E-state index contributed by atoms with van der Waals surface area (Å²) in [6, 6.07) is 15.3. The largest absolute Gasteiger partial charge is 0.384 e. The van der Waals surface area contributed by atoms with Crippen LogP contribution in [0.15, 0.2) is 48.5 Å². The molecule has 0 unspecified atom stereocenters. The van der Waals surface area contributed by atoms with Gasteiger partial charge >= 0.3 is 0 Å². The summed E-state index contributed by atoms with van der Waals surface area (Å²) >= 11 is 0. The van der Waals surface area contributed by atoms with Crippen LogP contribution in [0.5, 0.6) is 0 Å². The highest BCUT2D eigenvalue weighted by molar-refractivity contribution is 5.97. The Morgan fingerprint density at radius 1 is 0.583 bits per heavy atom. The number of hydrogen-bond donors (Lipinski definition) is 4. The summed E-state index contributed by atoms with van der Waals surface area (Å²) in [5, 5.41) is 14.9. The first-order valence-corrected chi connectivity index (χ1v) is 6.97. The molecule has 0 amide bonds. The maximum Gasteiger partial charge on any atom is 0.122 e. The molecule has 2 rings (SSSR count). The molecular weight excluding hydrogens is 343 g/mol. The van der Waals surface area contributed by atoms with E-state index in [4.69, 9.17) is 22.3 Å². The molecule has 4 nitrogen and oxygen atoms in total. The number of amidine groups is 2. The fourth-order valence-corrected chi connectivity index (χ4v) is 2.23. The quantitative estimate of drug-likeness (QED) is 0.373. The molecule has 6 N–H and O–H groups in total. The van der Waals surface area contributed by atoms with Crippen LogP contribution in [-0.4, -0.2) is 11.7 Å². The van der Waals surface area contributed by atoms with Gasteiger partial charge in [0.25, 0.3) is 0 Å². The molecule has 128 valence electrons. The second kappa shape index (κ2) is 9.11. The van der Waals surface area contributed by atoms with Crippen LogP contribution in [0.25, 0.3) is 11.1 Å². The second-order valence-electron chi connectivity index (χ2n) is 5.23. The van der Waals surface area contributed by atoms with E-state index in [0.717, 1.165) is 33.4 Å². The monoisotopic (exact) mass is 364 g/mol. The fraction of sp³-hybridized carbons (Fsp3) is 0.111. The molecule has 0 saturated carbocycles. The van der Waals surface area contributed by atoms with Gasteiger partial charge in [-0.25, -0.2) is 0 Å². The number of nitrogens with two attached hydrogens (primary N) is 2. The Bertz CT molecular complexity index is 682. The van der Waals surface area contributed by atoms with Crippen LogP contribution in [0.2, 0.25) is 0 Å². The normalized spacial score (nSPS) is 10.8. The average Bonchev–Trinajstić information content (AvgIpc) is 2.53. The standard InChI is InChI=1S/C18H20N4.2ClH/c1-11(13-3-7-15(8-4-13)17(19)20)12(2)14-5-9-16(10-6-14)18(21)22;;/h3-10H,1-2H3,(H3,19,20)(H3,21,22);2*1H/b12-11+;;.